The zero-order valence-corrected chi connectivity index (χ0v) is 31.3. The maximum Gasteiger partial charge on any atom is 0.420 e. The third kappa shape index (κ3) is 7.32. The van der Waals surface area contributed by atoms with Crippen molar-refractivity contribution in [2.45, 2.75) is 59.2 Å². The summed E-state index contributed by atoms with van der Waals surface area (Å²) >= 11 is 1.37. The van der Waals surface area contributed by atoms with Crippen LogP contribution in [0.5, 0.6) is 0 Å². The number of anilines is 2. The van der Waals surface area contributed by atoms with Crippen LogP contribution in [0, 0.1) is 5.92 Å². The molecule has 0 aliphatic heterocycles. The van der Waals surface area contributed by atoms with Gasteiger partial charge >= 0.3 is 12.2 Å². The van der Waals surface area contributed by atoms with E-state index in [0.717, 1.165) is 33.4 Å². The van der Waals surface area contributed by atoms with E-state index in [1.54, 1.807) is 48.4 Å². The van der Waals surface area contributed by atoms with Gasteiger partial charge in [0.05, 0.1) is 17.7 Å². The molecule has 0 fully saturated rings. The van der Waals surface area contributed by atoms with Crippen molar-refractivity contribution in [2.75, 3.05) is 11.5 Å². The van der Waals surface area contributed by atoms with Gasteiger partial charge in [-0.15, -0.1) is 11.3 Å². The summed E-state index contributed by atoms with van der Waals surface area (Å²) in [7, 11) is 0. The molecule has 10 heteroatoms. The SMILES string of the molecule is CC(C)Cn1c(CNC(=O)OC(C)(C)C)c(-c2ccccc2)c2cc(N(C(=O)OCC3c4ccccc4-c4ccccc43)c3cscn3)ccc2c1=O. The topological polar surface area (TPSA) is 103 Å². The first-order valence-electron chi connectivity index (χ1n) is 17.7. The van der Waals surface area contributed by atoms with Crippen molar-refractivity contribution < 1.29 is 19.1 Å². The van der Waals surface area contributed by atoms with E-state index in [0.29, 0.717) is 34.5 Å². The van der Waals surface area contributed by atoms with Crippen molar-refractivity contribution in [3.05, 3.63) is 135 Å². The van der Waals surface area contributed by atoms with Crippen LogP contribution >= 0.6 is 11.3 Å². The van der Waals surface area contributed by atoms with Crippen molar-refractivity contribution in [1.29, 1.82) is 0 Å². The number of ether oxygens (including phenoxy) is 2. The number of nitrogens with one attached hydrogen (secondary N) is 1. The molecule has 1 aliphatic carbocycles. The Morgan fingerprint density at radius 3 is 2.19 bits per heavy atom. The summed E-state index contributed by atoms with van der Waals surface area (Å²) in [6.45, 7) is 10.1. The van der Waals surface area contributed by atoms with Gasteiger partial charge in [0.2, 0.25) is 0 Å². The minimum Gasteiger partial charge on any atom is -0.448 e. The van der Waals surface area contributed by atoms with Crippen LogP contribution in [0.15, 0.2) is 113 Å². The average molecular weight is 727 g/mol. The lowest BCUT2D eigenvalue weighted by Gasteiger charge is -2.25. The summed E-state index contributed by atoms with van der Waals surface area (Å²) in [5.41, 5.74) is 8.04. The Kier molecular flexibility index (Phi) is 9.90. The van der Waals surface area contributed by atoms with Gasteiger partial charge in [0.15, 0.2) is 5.82 Å². The summed E-state index contributed by atoms with van der Waals surface area (Å²) in [5, 5.41) is 5.80. The van der Waals surface area contributed by atoms with Crippen LogP contribution in [0.3, 0.4) is 0 Å². The minimum absolute atomic E-state index is 0.0451. The molecule has 7 rings (SSSR count). The zero-order valence-electron chi connectivity index (χ0n) is 30.5. The Bertz CT molecular complexity index is 2300. The van der Waals surface area contributed by atoms with Gasteiger partial charge in [-0.05, 0) is 78.1 Å². The highest BCUT2D eigenvalue weighted by Crippen LogP contribution is 2.45. The van der Waals surface area contributed by atoms with E-state index >= 15 is 0 Å². The first-order valence-corrected chi connectivity index (χ1v) is 18.7. The van der Waals surface area contributed by atoms with Crippen molar-refractivity contribution in [3.63, 3.8) is 0 Å². The smallest absolute Gasteiger partial charge is 0.420 e. The Balaban J connectivity index is 1.32. The number of rotatable bonds is 9. The summed E-state index contributed by atoms with van der Waals surface area (Å²) < 4.78 is 13.5. The van der Waals surface area contributed by atoms with Crippen LogP contribution in [0.1, 0.15) is 57.4 Å². The van der Waals surface area contributed by atoms with Crippen molar-refractivity contribution in [2.24, 2.45) is 5.92 Å². The fourth-order valence-corrected chi connectivity index (χ4v) is 7.59. The predicted molar refractivity (Wildman–Crippen MR) is 211 cm³/mol. The quantitative estimate of drug-likeness (QED) is 0.159. The van der Waals surface area contributed by atoms with E-state index < -0.39 is 17.8 Å². The summed E-state index contributed by atoms with van der Waals surface area (Å²) in [4.78, 5) is 47.5. The van der Waals surface area contributed by atoms with Crippen LogP contribution in [-0.2, 0) is 22.6 Å². The van der Waals surface area contributed by atoms with E-state index in [1.165, 1.54) is 16.2 Å². The van der Waals surface area contributed by atoms with Gasteiger partial charge in [-0.1, -0.05) is 92.7 Å². The van der Waals surface area contributed by atoms with E-state index in [9.17, 15) is 14.4 Å². The molecule has 0 spiro atoms. The number of hydrogen-bond acceptors (Lipinski definition) is 7. The Morgan fingerprint density at radius 1 is 0.906 bits per heavy atom. The molecule has 0 radical (unpaired) electrons. The zero-order chi connectivity index (χ0) is 37.3. The van der Waals surface area contributed by atoms with Crippen LogP contribution < -0.4 is 15.8 Å². The molecule has 1 N–H and O–H groups in total. The van der Waals surface area contributed by atoms with Crippen LogP contribution in [-0.4, -0.2) is 33.9 Å². The third-order valence-corrected chi connectivity index (χ3v) is 9.77. The van der Waals surface area contributed by atoms with Crippen molar-refractivity contribution in [1.82, 2.24) is 14.9 Å². The normalized spacial score (nSPS) is 12.4. The Hall–Kier alpha value is -5.74. The molecule has 53 heavy (non-hydrogen) atoms. The van der Waals surface area contributed by atoms with E-state index in [-0.39, 0.29) is 30.5 Å². The number of pyridine rings is 1. The molecule has 2 aromatic heterocycles. The Labute approximate surface area is 312 Å². The van der Waals surface area contributed by atoms with Crippen LogP contribution in [0.25, 0.3) is 33.0 Å². The number of fused-ring (bicyclic) bond motifs is 4. The number of benzene rings is 4. The van der Waals surface area contributed by atoms with Gasteiger partial charge in [0.1, 0.15) is 12.2 Å². The second kappa shape index (κ2) is 14.7. The number of thiazole rings is 1. The fraction of sp³-hybridized carbons (Fsp3) is 0.256. The molecule has 2 heterocycles. The van der Waals surface area contributed by atoms with Crippen LogP contribution in [0.4, 0.5) is 21.1 Å². The lowest BCUT2D eigenvalue weighted by Crippen LogP contribution is -2.35. The second-order valence-electron chi connectivity index (χ2n) is 14.6. The second-order valence-corrected chi connectivity index (χ2v) is 15.3. The van der Waals surface area contributed by atoms with Gasteiger partial charge in [0, 0.05) is 34.5 Å². The van der Waals surface area contributed by atoms with Gasteiger partial charge in [0.25, 0.3) is 5.56 Å². The molecule has 0 bridgehead atoms. The van der Waals surface area contributed by atoms with Gasteiger partial charge < -0.3 is 19.4 Å². The van der Waals surface area contributed by atoms with E-state index in [2.05, 4.69) is 34.6 Å². The lowest BCUT2D eigenvalue weighted by atomic mass is 9.95. The first kappa shape index (κ1) is 35.7. The number of hydrogen-bond donors (Lipinski definition) is 1. The third-order valence-electron chi connectivity index (χ3n) is 9.20. The number of alkyl carbamates (subject to hydrolysis) is 1. The number of aromatic nitrogens is 2. The summed E-state index contributed by atoms with van der Waals surface area (Å²) in [6.07, 6.45) is -1.17. The average Bonchev–Trinajstić information content (AvgIpc) is 3.77. The molecule has 0 saturated heterocycles. The van der Waals surface area contributed by atoms with Gasteiger partial charge in [-0.3, -0.25) is 4.79 Å². The van der Waals surface area contributed by atoms with E-state index in [1.807, 2.05) is 74.5 Å². The highest BCUT2D eigenvalue weighted by molar-refractivity contribution is 7.08. The molecule has 4 aromatic carbocycles. The largest absolute Gasteiger partial charge is 0.448 e. The maximum atomic E-state index is 14.3. The molecule has 9 nitrogen and oxygen atoms in total. The molecule has 0 unspecified atom stereocenters. The summed E-state index contributed by atoms with van der Waals surface area (Å²) in [6, 6.07) is 31.6. The molecule has 6 aromatic rings. The lowest BCUT2D eigenvalue weighted by molar-refractivity contribution is 0.0522. The van der Waals surface area contributed by atoms with Gasteiger partial charge in [-0.25, -0.2) is 19.5 Å². The number of amides is 2. The maximum absolute atomic E-state index is 14.3. The number of carbonyl (C=O) groups is 2. The molecule has 1 aliphatic rings. The molecule has 270 valence electrons. The van der Waals surface area contributed by atoms with Gasteiger partial charge in [-0.2, -0.15) is 0 Å². The van der Waals surface area contributed by atoms with Crippen molar-refractivity contribution in [3.8, 4) is 22.3 Å². The molecule has 0 saturated carbocycles. The van der Waals surface area contributed by atoms with Crippen LogP contribution in [0.2, 0.25) is 0 Å². The molecular weight excluding hydrogens is 685 g/mol. The summed E-state index contributed by atoms with van der Waals surface area (Å²) in [5.74, 6) is 0.430. The molecular formula is C43H42N4O5S. The fourth-order valence-electron chi connectivity index (χ4n) is 7.07. The highest BCUT2D eigenvalue weighted by atomic mass is 32.1. The number of carbonyl (C=O) groups excluding carboxylic acids is 2. The number of nitrogens with zero attached hydrogens (tertiary/aromatic N) is 3. The molecule has 0 atom stereocenters. The highest BCUT2D eigenvalue weighted by Gasteiger charge is 2.31. The van der Waals surface area contributed by atoms with Crippen molar-refractivity contribution >= 4 is 45.8 Å². The predicted octanol–water partition coefficient (Wildman–Crippen LogP) is 9.89. The standard InChI is InChI=1S/C43H42N4O5S/c1-27(2)23-46-37(22-44-41(49)52-43(3,4)5)39(28-13-7-6-8-14-28)35-21-29(19-20-34(35)40(46)48)47(38-25-53-26-45-38)42(50)51-24-36-32-17-11-9-15-30(32)31-16-10-12-18-33(31)36/h6-21,25-27,36H,22-24H2,1-5H3,(H,44,49). The monoisotopic (exact) mass is 726 g/mol. The van der Waals surface area contributed by atoms with E-state index in [4.69, 9.17) is 9.47 Å². The minimum atomic E-state index is -0.694. The Morgan fingerprint density at radius 2 is 1.57 bits per heavy atom. The molecule has 2 amide bonds. The first-order chi connectivity index (χ1) is 25.5.